The van der Waals surface area contributed by atoms with Crippen molar-refractivity contribution in [1.29, 1.82) is 0 Å². The largest absolute Gasteiger partial charge is 0.489 e. The van der Waals surface area contributed by atoms with E-state index < -0.39 is 12.1 Å². The van der Waals surface area contributed by atoms with Gasteiger partial charge in [0, 0.05) is 36.8 Å². The molecule has 1 aliphatic carbocycles. The lowest BCUT2D eigenvalue weighted by atomic mass is 9.87. The number of aliphatic carboxylic acids is 1. The summed E-state index contributed by atoms with van der Waals surface area (Å²) < 4.78 is 6.00. The standard InChI is InChI=1S/C16H20O5/c17-8-11-12(18)7-13-15(11)10-5-1-3-9(16(10)21-13)4-2-6-14(19)20/h1,3,5,11-13,15,17-18H,2,4,6-8H2,(H,19,20)/t11-,12+,13-,15+/m0/s1. The minimum absolute atomic E-state index is 0.0411. The predicted molar refractivity (Wildman–Crippen MR) is 75.4 cm³/mol. The van der Waals surface area contributed by atoms with Crippen LogP contribution >= 0.6 is 0 Å². The number of hydrogen-bond acceptors (Lipinski definition) is 4. The normalized spacial score (nSPS) is 29.8. The molecule has 0 spiro atoms. The number of aryl methyl sites for hydroxylation is 1. The summed E-state index contributed by atoms with van der Waals surface area (Å²) >= 11 is 0. The number of carboxylic acids is 1. The Morgan fingerprint density at radius 1 is 1.38 bits per heavy atom. The van der Waals surface area contributed by atoms with Crippen LogP contribution in [0.2, 0.25) is 0 Å². The van der Waals surface area contributed by atoms with Gasteiger partial charge in [-0.3, -0.25) is 4.79 Å². The SMILES string of the molecule is O=C(O)CCCc1cccc2c1O[C@H]1C[C@@H](O)[C@H](CO)[C@@H]21. The fourth-order valence-electron chi connectivity index (χ4n) is 3.65. The highest BCUT2D eigenvalue weighted by molar-refractivity contribution is 5.66. The molecule has 1 heterocycles. The topological polar surface area (TPSA) is 87.0 Å². The lowest BCUT2D eigenvalue weighted by molar-refractivity contribution is -0.137. The van der Waals surface area contributed by atoms with E-state index in [0.717, 1.165) is 16.9 Å². The molecule has 5 heteroatoms. The number of para-hydroxylation sites is 1. The molecule has 0 radical (unpaired) electrons. The molecule has 114 valence electrons. The molecule has 21 heavy (non-hydrogen) atoms. The van der Waals surface area contributed by atoms with Crippen LogP contribution in [0, 0.1) is 5.92 Å². The molecular formula is C16H20O5. The highest BCUT2D eigenvalue weighted by Crippen LogP contribution is 2.51. The molecule has 0 unspecified atom stereocenters. The molecule has 1 aromatic carbocycles. The maximum absolute atomic E-state index is 10.6. The fourth-order valence-corrected chi connectivity index (χ4v) is 3.65. The van der Waals surface area contributed by atoms with E-state index in [1.807, 2.05) is 18.2 Å². The first kappa shape index (κ1) is 14.4. The van der Waals surface area contributed by atoms with Gasteiger partial charge in [-0.15, -0.1) is 0 Å². The summed E-state index contributed by atoms with van der Waals surface area (Å²) in [6.07, 6.45) is 1.34. The lowest BCUT2D eigenvalue weighted by Crippen LogP contribution is -2.22. The molecule has 0 saturated heterocycles. The molecule has 0 amide bonds. The molecule has 2 aliphatic rings. The molecular weight excluding hydrogens is 272 g/mol. The van der Waals surface area contributed by atoms with E-state index in [2.05, 4.69) is 0 Å². The van der Waals surface area contributed by atoms with Gasteiger partial charge >= 0.3 is 5.97 Å². The van der Waals surface area contributed by atoms with Crippen LogP contribution in [0.4, 0.5) is 0 Å². The summed E-state index contributed by atoms with van der Waals surface area (Å²) in [7, 11) is 0. The van der Waals surface area contributed by atoms with Crippen LogP contribution in [0.5, 0.6) is 5.75 Å². The van der Waals surface area contributed by atoms with E-state index >= 15 is 0 Å². The number of carboxylic acid groups (broad SMARTS) is 1. The minimum Gasteiger partial charge on any atom is -0.489 e. The summed E-state index contributed by atoms with van der Waals surface area (Å²) in [4.78, 5) is 10.6. The summed E-state index contributed by atoms with van der Waals surface area (Å²) in [5.74, 6) is -0.0861. The van der Waals surface area contributed by atoms with Gasteiger partial charge in [0.15, 0.2) is 0 Å². The zero-order valence-electron chi connectivity index (χ0n) is 11.7. The van der Waals surface area contributed by atoms with Gasteiger partial charge in [-0.1, -0.05) is 18.2 Å². The Bertz CT molecular complexity index is 541. The van der Waals surface area contributed by atoms with Crippen LogP contribution in [0.1, 0.15) is 36.3 Å². The molecule has 0 bridgehead atoms. The monoisotopic (exact) mass is 292 g/mol. The third-order valence-corrected chi connectivity index (χ3v) is 4.63. The second-order valence-corrected chi connectivity index (χ2v) is 5.91. The number of benzene rings is 1. The molecule has 3 rings (SSSR count). The van der Waals surface area contributed by atoms with Crippen LogP contribution in [-0.4, -0.2) is 40.1 Å². The zero-order valence-corrected chi connectivity index (χ0v) is 11.7. The maximum atomic E-state index is 10.6. The first-order valence-corrected chi connectivity index (χ1v) is 7.41. The second kappa shape index (κ2) is 5.66. The number of hydrogen-bond donors (Lipinski definition) is 3. The summed E-state index contributed by atoms with van der Waals surface area (Å²) in [6.45, 7) is -0.0472. The van der Waals surface area contributed by atoms with Crippen molar-refractivity contribution in [2.24, 2.45) is 5.92 Å². The molecule has 1 aliphatic heterocycles. The molecule has 1 aromatic rings. The Kier molecular flexibility index (Phi) is 3.87. The zero-order chi connectivity index (χ0) is 15.0. The van der Waals surface area contributed by atoms with Crippen molar-refractivity contribution in [2.75, 3.05) is 6.61 Å². The average Bonchev–Trinajstić information content (AvgIpc) is 2.93. The van der Waals surface area contributed by atoms with E-state index in [-0.39, 0.29) is 31.0 Å². The Morgan fingerprint density at radius 3 is 2.90 bits per heavy atom. The number of ether oxygens (including phenoxy) is 1. The van der Waals surface area contributed by atoms with Gasteiger partial charge in [-0.25, -0.2) is 0 Å². The summed E-state index contributed by atoms with van der Waals surface area (Å²) in [5, 5.41) is 28.2. The van der Waals surface area contributed by atoms with Gasteiger partial charge in [0.25, 0.3) is 0 Å². The van der Waals surface area contributed by atoms with Crippen molar-refractivity contribution in [1.82, 2.24) is 0 Å². The first-order chi connectivity index (χ1) is 10.1. The Labute approximate surface area is 123 Å². The van der Waals surface area contributed by atoms with Crippen molar-refractivity contribution < 1.29 is 24.9 Å². The van der Waals surface area contributed by atoms with Gasteiger partial charge in [0.1, 0.15) is 11.9 Å². The quantitative estimate of drug-likeness (QED) is 0.761. The van der Waals surface area contributed by atoms with Crippen LogP contribution in [-0.2, 0) is 11.2 Å². The molecule has 4 atom stereocenters. The molecule has 1 fully saturated rings. The summed E-state index contributed by atoms with van der Waals surface area (Å²) in [6, 6.07) is 5.90. The minimum atomic E-state index is -0.788. The van der Waals surface area contributed by atoms with E-state index in [4.69, 9.17) is 9.84 Å². The lowest BCUT2D eigenvalue weighted by Gasteiger charge is -2.18. The van der Waals surface area contributed by atoms with Gasteiger partial charge in [0.05, 0.1) is 6.10 Å². The van der Waals surface area contributed by atoms with E-state index in [0.29, 0.717) is 19.3 Å². The number of carbonyl (C=O) groups is 1. The Hall–Kier alpha value is -1.59. The number of rotatable bonds is 5. The smallest absolute Gasteiger partial charge is 0.303 e. The van der Waals surface area contributed by atoms with Gasteiger partial charge < -0.3 is 20.1 Å². The van der Waals surface area contributed by atoms with Crippen LogP contribution in [0.3, 0.4) is 0 Å². The highest BCUT2D eigenvalue weighted by atomic mass is 16.5. The molecule has 3 N–H and O–H groups in total. The van der Waals surface area contributed by atoms with Crippen LogP contribution in [0.25, 0.3) is 0 Å². The predicted octanol–water partition coefficient (Wildman–Crippen LogP) is 1.31. The van der Waals surface area contributed by atoms with Gasteiger partial charge in [-0.2, -0.15) is 0 Å². The van der Waals surface area contributed by atoms with E-state index in [1.165, 1.54) is 0 Å². The molecule has 5 nitrogen and oxygen atoms in total. The van der Waals surface area contributed by atoms with Gasteiger partial charge in [-0.05, 0) is 18.4 Å². The third kappa shape index (κ3) is 2.51. The van der Waals surface area contributed by atoms with E-state index in [1.54, 1.807) is 0 Å². The molecule has 0 aromatic heterocycles. The number of aliphatic hydroxyl groups is 2. The van der Waals surface area contributed by atoms with Crippen molar-refractivity contribution in [3.05, 3.63) is 29.3 Å². The third-order valence-electron chi connectivity index (χ3n) is 4.63. The average molecular weight is 292 g/mol. The van der Waals surface area contributed by atoms with Crippen molar-refractivity contribution in [3.63, 3.8) is 0 Å². The fraction of sp³-hybridized carbons (Fsp3) is 0.562. The van der Waals surface area contributed by atoms with Gasteiger partial charge in [0.2, 0.25) is 0 Å². The Balaban J connectivity index is 1.82. The van der Waals surface area contributed by atoms with Crippen LogP contribution < -0.4 is 4.74 Å². The highest BCUT2D eigenvalue weighted by Gasteiger charge is 2.49. The summed E-state index contributed by atoms with van der Waals surface area (Å²) in [5.41, 5.74) is 2.07. The first-order valence-electron chi connectivity index (χ1n) is 7.41. The number of fused-ring (bicyclic) bond motifs is 3. The number of aliphatic hydroxyl groups excluding tert-OH is 2. The molecule has 1 saturated carbocycles. The van der Waals surface area contributed by atoms with Crippen LogP contribution in [0.15, 0.2) is 18.2 Å². The van der Waals surface area contributed by atoms with E-state index in [9.17, 15) is 15.0 Å². The van der Waals surface area contributed by atoms with Crippen molar-refractivity contribution >= 4 is 5.97 Å². The van der Waals surface area contributed by atoms with Crippen molar-refractivity contribution in [2.45, 2.75) is 43.8 Å². The Morgan fingerprint density at radius 2 is 2.19 bits per heavy atom. The van der Waals surface area contributed by atoms with Crippen molar-refractivity contribution in [3.8, 4) is 5.75 Å². The maximum Gasteiger partial charge on any atom is 0.303 e. The second-order valence-electron chi connectivity index (χ2n) is 5.91.